The maximum Gasteiger partial charge on any atom is 0.414 e. The molecule has 0 aliphatic rings. The molecule has 1 aromatic carbocycles. The van der Waals surface area contributed by atoms with Crippen LogP contribution < -0.4 is 4.90 Å². The van der Waals surface area contributed by atoms with Gasteiger partial charge in [-0.1, -0.05) is 11.6 Å². The monoisotopic (exact) mass is 285 g/mol. The fourth-order valence-corrected chi connectivity index (χ4v) is 1.56. The quantitative estimate of drug-likeness (QED) is 0.904. The number of hydrogen-bond acceptors (Lipinski definition) is 3. The summed E-state index contributed by atoms with van der Waals surface area (Å²) in [6, 6.07) is 4.22. The Morgan fingerprint density at radius 1 is 1.32 bits per heavy atom. The molecule has 0 aliphatic heterocycles. The van der Waals surface area contributed by atoms with Crippen LogP contribution in [0.25, 0.3) is 0 Å². The van der Waals surface area contributed by atoms with Gasteiger partial charge in [0, 0.05) is 12.1 Å². The summed E-state index contributed by atoms with van der Waals surface area (Å²) in [6.07, 6.45) is -0.641. The number of nitrogens with zero attached hydrogens (tertiary/aromatic N) is 1. The van der Waals surface area contributed by atoms with Crippen LogP contribution in [-0.2, 0) is 4.74 Å². The summed E-state index contributed by atoms with van der Waals surface area (Å²) >= 11 is 5.83. The van der Waals surface area contributed by atoms with Crippen LogP contribution in [0, 0.1) is 0 Å². The zero-order chi connectivity index (χ0) is 14.8. The maximum atomic E-state index is 11.9. The Balaban J connectivity index is 3.11. The number of aromatic carboxylic acids is 1. The van der Waals surface area contributed by atoms with Gasteiger partial charge in [0.25, 0.3) is 0 Å². The number of hydrogen-bond donors (Lipinski definition) is 1. The van der Waals surface area contributed by atoms with Crippen molar-refractivity contribution in [1.29, 1.82) is 0 Å². The third kappa shape index (κ3) is 4.13. The molecule has 5 nitrogen and oxygen atoms in total. The maximum absolute atomic E-state index is 11.9. The second kappa shape index (κ2) is 5.48. The van der Waals surface area contributed by atoms with E-state index in [4.69, 9.17) is 21.4 Å². The second-order valence-electron chi connectivity index (χ2n) is 5.01. The second-order valence-corrected chi connectivity index (χ2v) is 5.44. The Bertz CT molecular complexity index is 508. The van der Waals surface area contributed by atoms with E-state index in [1.807, 2.05) is 0 Å². The van der Waals surface area contributed by atoms with E-state index in [0.717, 1.165) is 4.90 Å². The van der Waals surface area contributed by atoms with Crippen molar-refractivity contribution in [2.75, 3.05) is 11.9 Å². The molecule has 1 N–H and O–H groups in total. The molecule has 0 unspecified atom stereocenters. The molecule has 1 rings (SSSR count). The molecule has 0 saturated heterocycles. The minimum atomic E-state index is -1.14. The largest absolute Gasteiger partial charge is 0.478 e. The number of ether oxygens (including phenoxy) is 1. The first-order valence-electron chi connectivity index (χ1n) is 5.61. The molecule has 0 spiro atoms. The van der Waals surface area contributed by atoms with Gasteiger partial charge >= 0.3 is 12.1 Å². The summed E-state index contributed by atoms with van der Waals surface area (Å²) in [4.78, 5) is 24.2. The predicted octanol–water partition coefficient (Wildman–Crippen LogP) is 3.41. The van der Waals surface area contributed by atoms with Crippen LogP contribution in [0.1, 0.15) is 31.1 Å². The minimum Gasteiger partial charge on any atom is -0.478 e. The fourth-order valence-electron chi connectivity index (χ4n) is 1.39. The normalized spacial score (nSPS) is 11.0. The van der Waals surface area contributed by atoms with Crippen molar-refractivity contribution in [3.8, 4) is 0 Å². The molecule has 1 aromatic rings. The smallest absolute Gasteiger partial charge is 0.414 e. The van der Waals surface area contributed by atoms with Gasteiger partial charge in [-0.3, -0.25) is 4.90 Å². The van der Waals surface area contributed by atoms with Gasteiger partial charge in [-0.2, -0.15) is 0 Å². The van der Waals surface area contributed by atoms with Crippen molar-refractivity contribution in [2.24, 2.45) is 0 Å². The van der Waals surface area contributed by atoms with E-state index in [1.165, 1.54) is 25.2 Å². The third-order valence-electron chi connectivity index (χ3n) is 2.22. The van der Waals surface area contributed by atoms with Crippen LogP contribution in [0.4, 0.5) is 10.5 Å². The van der Waals surface area contributed by atoms with E-state index in [-0.39, 0.29) is 11.3 Å². The number of halogens is 1. The number of rotatable bonds is 2. The van der Waals surface area contributed by atoms with E-state index >= 15 is 0 Å². The lowest BCUT2D eigenvalue weighted by Crippen LogP contribution is -2.34. The molecule has 19 heavy (non-hydrogen) atoms. The van der Waals surface area contributed by atoms with Gasteiger partial charge in [-0.05, 0) is 39.0 Å². The molecule has 0 radical (unpaired) electrons. The van der Waals surface area contributed by atoms with E-state index in [1.54, 1.807) is 20.8 Å². The van der Waals surface area contributed by atoms with Crippen molar-refractivity contribution in [2.45, 2.75) is 26.4 Å². The van der Waals surface area contributed by atoms with Crippen molar-refractivity contribution < 1.29 is 19.4 Å². The van der Waals surface area contributed by atoms with Crippen molar-refractivity contribution >= 4 is 29.4 Å². The number of benzene rings is 1. The molecule has 0 aromatic heterocycles. The lowest BCUT2D eigenvalue weighted by molar-refractivity contribution is 0.0589. The van der Waals surface area contributed by atoms with Crippen LogP contribution in [0.2, 0.25) is 5.02 Å². The number of anilines is 1. The molecule has 0 saturated carbocycles. The standard InChI is InChI=1S/C13H16ClNO4/c1-13(2,3)19-12(18)15(4)10-7-8(14)5-6-9(10)11(16)17/h5-7H,1-4H3,(H,16,17). The zero-order valence-corrected chi connectivity index (χ0v) is 12.0. The highest BCUT2D eigenvalue weighted by atomic mass is 35.5. The Morgan fingerprint density at radius 3 is 2.37 bits per heavy atom. The Hall–Kier alpha value is -1.75. The van der Waals surface area contributed by atoms with Gasteiger partial charge in [-0.15, -0.1) is 0 Å². The molecule has 0 aliphatic carbocycles. The lowest BCUT2D eigenvalue weighted by atomic mass is 10.1. The molecule has 6 heteroatoms. The van der Waals surface area contributed by atoms with E-state index in [9.17, 15) is 9.59 Å². The minimum absolute atomic E-state index is 0.0160. The molecule has 0 atom stereocenters. The van der Waals surface area contributed by atoms with Crippen molar-refractivity contribution in [3.63, 3.8) is 0 Å². The van der Waals surface area contributed by atoms with Gasteiger partial charge < -0.3 is 9.84 Å². The van der Waals surface area contributed by atoms with E-state index in [2.05, 4.69) is 0 Å². The van der Waals surface area contributed by atoms with Crippen LogP contribution in [-0.4, -0.2) is 29.8 Å². The van der Waals surface area contributed by atoms with Crippen molar-refractivity contribution in [1.82, 2.24) is 0 Å². The SMILES string of the molecule is CN(C(=O)OC(C)(C)C)c1cc(Cl)ccc1C(=O)O. The van der Waals surface area contributed by atoms with Gasteiger partial charge in [0.1, 0.15) is 5.60 Å². The summed E-state index contributed by atoms with van der Waals surface area (Å²) in [7, 11) is 1.44. The molecule has 0 heterocycles. The molecule has 104 valence electrons. The average Bonchev–Trinajstić information content (AvgIpc) is 2.25. The zero-order valence-electron chi connectivity index (χ0n) is 11.2. The number of carbonyl (C=O) groups excluding carboxylic acids is 1. The molecule has 1 amide bonds. The fraction of sp³-hybridized carbons (Fsp3) is 0.385. The van der Waals surface area contributed by atoms with Crippen LogP contribution in [0.5, 0.6) is 0 Å². The molecular formula is C13H16ClNO4. The first-order valence-corrected chi connectivity index (χ1v) is 5.99. The topological polar surface area (TPSA) is 66.8 Å². The molecule has 0 bridgehead atoms. The Labute approximate surface area is 116 Å². The Kier molecular flexibility index (Phi) is 4.42. The number of carboxylic acids is 1. The van der Waals surface area contributed by atoms with E-state index < -0.39 is 17.7 Å². The highest BCUT2D eigenvalue weighted by Crippen LogP contribution is 2.25. The summed E-state index contributed by atoms with van der Waals surface area (Å²) in [5.74, 6) is -1.14. The summed E-state index contributed by atoms with van der Waals surface area (Å²) < 4.78 is 5.18. The highest BCUT2D eigenvalue weighted by molar-refractivity contribution is 6.31. The highest BCUT2D eigenvalue weighted by Gasteiger charge is 2.24. The summed E-state index contributed by atoms with van der Waals surface area (Å²) in [5.41, 5.74) is -0.486. The van der Waals surface area contributed by atoms with Gasteiger partial charge in [-0.25, -0.2) is 9.59 Å². The van der Waals surface area contributed by atoms with Crippen LogP contribution in [0.3, 0.4) is 0 Å². The summed E-state index contributed by atoms with van der Waals surface area (Å²) in [6.45, 7) is 5.19. The Morgan fingerprint density at radius 2 is 1.89 bits per heavy atom. The van der Waals surface area contributed by atoms with E-state index in [0.29, 0.717) is 5.02 Å². The van der Waals surface area contributed by atoms with Gasteiger partial charge in [0.05, 0.1) is 11.3 Å². The number of amides is 1. The molecule has 0 fully saturated rings. The number of carboxylic acid groups (broad SMARTS) is 1. The summed E-state index contributed by atoms with van der Waals surface area (Å²) in [5, 5.41) is 9.44. The predicted molar refractivity (Wildman–Crippen MR) is 73.0 cm³/mol. The molecular weight excluding hydrogens is 270 g/mol. The third-order valence-corrected chi connectivity index (χ3v) is 2.45. The average molecular weight is 286 g/mol. The van der Waals surface area contributed by atoms with Crippen LogP contribution >= 0.6 is 11.6 Å². The van der Waals surface area contributed by atoms with Gasteiger partial charge in [0.2, 0.25) is 0 Å². The first kappa shape index (κ1) is 15.3. The first-order chi connectivity index (χ1) is 8.61. The number of carbonyl (C=O) groups is 2. The van der Waals surface area contributed by atoms with Crippen LogP contribution in [0.15, 0.2) is 18.2 Å². The van der Waals surface area contributed by atoms with Crippen molar-refractivity contribution in [3.05, 3.63) is 28.8 Å². The van der Waals surface area contributed by atoms with Gasteiger partial charge in [0.15, 0.2) is 0 Å². The lowest BCUT2D eigenvalue weighted by Gasteiger charge is -2.25.